The average molecular weight is 336 g/mol. The van der Waals surface area contributed by atoms with E-state index in [1.807, 2.05) is 7.05 Å². The highest BCUT2D eigenvalue weighted by molar-refractivity contribution is 9.10. The van der Waals surface area contributed by atoms with Crippen molar-refractivity contribution in [3.05, 3.63) is 68.9 Å². The predicted molar refractivity (Wildman–Crippen MR) is 85.5 cm³/mol. The van der Waals surface area contributed by atoms with Crippen LogP contribution in [0.4, 0.5) is 4.39 Å². The van der Waals surface area contributed by atoms with E-state index >= 15 is 0 Å². The fraction of sp³-hybridized carbons (Fsp3) is 0.294. The van der Waals surface area contributed by atoms with E-state index in [2.05, 4.69) is 53.3 Å². The molecule has 0 amide bonds. The van der Waals surface area contributed by atoms with Crippen molar-refractivity contribution in [1.29, 1.82) is 0 Å². The Kier molecular flexibility index (Phi) is 4.95. The zero-order valence-corrected chi connectivity index (χ0v) is 13.6. The summed E-state index contributed by atoms with van der Waals surface area (Å²) in [4.78, 5) is 0. The van der Waals surface area contributed by atoms with Crippen LogP contribution >= 0.6 is 15.9 Å². The molecule has 1 nitrogen and oxygen atoms in total. The van der Waals surface area contributed by atoms with Gasteiger partial charge < -0.3 is 5.32 Å². The highest BCUT2D eigenvalue weighted by Gasteiger charge is 2.14. The van der Waals surface area contributed by atoms with Crippen molar-refractivity contribution in [3.63, 3.8) is 0 Å². The third-order valence-corrected chi connectivity index (χ3v) is 4.42. The van der Waals surface area contributed by atoms with E-state index in [4.69, 9.17) is 0 Å². The molecule has 0 aliphatic heterocycles. The molecule has 1 unspecified atom stereocenters. The Morgan fingerprint density at radius 3 is 2.50 bits per heavy atom. The second-order valence-corrected chi connectivity index (χ2v) is 5.98. The Hall–Kier alpha value is -1.19. The van der Waals surface area contributed by atoms with Crippen LogP contribution in [0.1, 0.15) is 28.3 Å². The molecular formula is C17H19BrFN. The molecule has 0 fully saturated rings. The minimum absolute atomic E-state index is 0.0854. The summed E-state index contributed by atoms with van der Waals surface area (Å²) in [6.07, 6.45) is 0.833. The summed E-state index contributed by atoms with van der Waals surface area (Å²) in [5, 5.41) is 3.27. The number of aryl methyl sites for hydroxylation is 2. The maximum atomic E-state index is 13.5. The Labute approximate surface area is 128 Å². The van der Waals surface area contributed by atoms with E-state index in [-0.39, 0.29) is 11.9 Å². The summed E-state index contributed by atoms with van der Waals surface area (Å²) in [6.45, 7) is 4.23. The van der Waals surface area contributed by atoms with E-state index in [0.29, 0.717) is 0 Å². The van der Waals surface area contributed by atoms with Crippen molar-refractivity contribution >= 4 is 15.9 Å². The van der Waals surface area contributed by atoms with Gasteiger partial charge >= 0.3 is 0 Å². The molecule has 106 valence electrons. The molecule has 20 heavy (non-hydrogen) atoms. The average Bonchev–Trinajstić information content (AvgIpc) is 2.43. The first-order chi connectivity index (χ1) is 9.51. The van der Waals surface area contributed by atoms with Crippen LogP contribution in [-0.2, 0) is 6.42 Å². The van der Waals surface area contributed by atoms with Crippen LogP contribution in [0.15, 0.2) is 40.9 Å². The van der Waals surface area contributed by atoms with Crippen LogP contribution in [0.25, 0.3) is 0 Å². The van der Waals surface area contributed by atoms with Gasteiger partial charge in [-0.25, -0.2) is 4.39 Å². The van der Waals surface area contributed by atoms with Crippen molar-refractivity contribution in [3.8, 4) is 0 Å². The number of hydrogen-bond acceptors (Lipinski definition) is 1. The molecule has 0 radical (unpaired) electrons. The number of halogens is 2. The lowest BCUT2D eigenvalue weighted by Gasteiger charge is -2.19. The molecule has 1 N–H and O–H groups in total. The van der Waals surface area contributed by atoms with Gasteiger partial charge in [-0.15, -0.1) is 0 Å². The first-order valence-corrected chi connectivity index (χ1v) is 7.49. The van der Waals surface area contributed by atoms with Gasteiger partial charge in [0.1, 0.15) is 5.82 Å². The number of rotatable bonds is 4. The molecule has 0 heterocycles. The maximum Gasteiger partial charge on any atom is 0.123 e. The van der Waals surface area contributed by atoms with Gasteiger partial charge in [0.25, 0.3) is 0 Å². The van der Waals surface area contributed by atoms with Crippen LogP contribution in [0.2, 0.25) is 0 Å². The molecule has 0 bridgehead atoms. The molecule has 2 aromatic carbocycles. The third-order valence-electron chi connectivity index (χ3n) is 3.69. The molecule has 0 saturated heterocycles. The second-order valence-electron chi connectivity index (χ2n) is 5.13. The Balaban J connectivity index is 2.28. The second kappa shape index (κ2) is 6.51. The topological polar surface area (TPSA) is 12.0 Å². The summed E-state index contributed by atoms with van der Waals surface area (Å²) in [5.41, 5.74) is 4.78. The van der Waals surface area contributed by atoms with Crippen LogP contribution < -0.4 is 5.32 Å². The highest BCUT2D eigenvalue weighted by atomic mass is 79.9. The zero-order chi connectivity index (χ0) is 14.7. The summed E-state index contributed by atoms with van der Waals surface area (Å²) in [7, 11) is 1.91. The van der Waals surface area contributed by atoms with E-state index in [1.54, 1.807) is 12.1 Å². The lowest BCUT2D eigenvalue weighted by molar-refractivity contribution is 0.575. The maximum absolute atomic E-state index is 13.5. The predicted octanol–water partition coefficient (Wildman–Crippen LogP) is 4.71. The summed E-state index contributed by atoms with van der Waals surface area (Å²) >= 11 is 3.50. The lowest BCUT2D eigenvalue weighted by Crippen LogP contribution is -2.19. The standard InChI is InChI=1S/C17H19BrFN/c1-11-4-5-13(8-12(11)2)9-17(20-3)15-10-14(19)6-7-16(15)18/h4-8,10,17,20H,9H2,1-3H3. The van der Waals surface area contributed by atoms with E-state index in [0.717, 1.165) is 16.5 Å². The van der Waals surface area contributed by atoms with Gasteiger partial charge in [-0.1, -0.05) is 34.1 Å². The summed E-state index contributed by atoms with van der Waals surface area (Å²) in [6, 6.07) is 11.4. The Morgan fingerprint density at radius 2 is 1.85 bits per heavy atom. The zero-order valence-electron chi connectivity index (χ0n) is 12.0. The first-order valence-electron chi connectivity index (χ1n) is 6.69. The number of nitrogens with one attached hydrogen (secondary N) is 1. The molecule has 0 aliphatic carbocycles. The van der Waals surface area contributed by atoms with Crippen LogP contribution in [0.3, 0.4) is 0 Å². The minimum Gasteiger partial charge on any atom is -0.313 e. The van der Waals surface area contributed by atoms with Gasteiger partial charge in [0.15, 0.2) is 0 Å². The normalized spacial score (nSPS) is 12.4. The van der Waals surface area contributed by atoms with Crippen molar-refractivity contribution in [1.82, 2.24) is 5.32 Å². The molecular weight excluding hydrogens is 317 g/mol. The largest absolute Gasteiger partial charge is 0.313 e. The van der Waals surface area contributed by atoms with Crippen molar-refractivity contribution < 1.29 is 4.39 Å². The SMILES string of the molecule is CNC(Cc1ccc(C)c(C)c1)c1cc(F)ccc1Br. The number of likely N-dealkylation sites (N-methyl/N-ethyl adjacent to an activating group) is 1. The van der Waals surface area contributed by atoms with Crippen molar-refractivity contribution in [2.45, 2.75) is 26.3 Å². The van der Waals surface area contributed by atoms with Gasteiger partial charge in [0.05, 0.1) is 0 Å². The number of benzene rings is 2. The van der Waals surface area contributed by atoms with Gasteiger partial charge in [-0.05, 0) is 67.8 Å². The summed E-state index contributed by atoms with van der Waals surface area (Å²) < 4.78 is 14.4. The Morgan fingerprint density at radius 1 is 1.10 bits per heavy atom. The quantitative estimate of drug-likeness (QED) is 0.853. The molecule has 0 saturated carbocycles. The smallest absolute Gasteiger partial charge is 0.123 e. The molecule has 3 heteroatoms. The van der Waals surface area contributed by atoms with Crippen LogP contribution in [0.5, 0.6) is 0 Å². The van der Waals surface area contributed by atoms with Gasteiger partial charge in [-0.3, -0.25) is 0 Å². The Bertz CT molecular complexity index is 610. The van der Waals surface area contributed by atoms with E-state index in [9.17, 15) is 4.39 Å². The third kappa shape index (κ3) is 3.47. The minimum atomic E-state index is -0.205. The van der Waals surface area contributed by atoms with Crippen molar-refractivity contribution in [2.75, 3.05) is 7.05 Å². The van der Waals surface area contributed by atoms with E-state index in [1.165, 1.54) is 22.8 Å². The van der Waals surface area contributed by atoms with Crippen molar-refractivity contribution in [2.24, 2.45) is 0 Å². The molecule has 0 aliphatic rings. The first kappa shape index (κ1) is 15.2. The fourth-order valence-corrected chi connectivity index (χ4v) is 2.84. The lowest BCUT2D eigenvalue weighted by atomic mass is 9.96. The monoisotopic (exact) mass is 335 g/mol. The van der Waals surface area contributed by atoms with Gasteiger partial charge in [-0.2, -0.15) is 0 Å². The van der Waals surface area contributed by atoms with Gasteiger partial charge in [0.2, 0.25) is 0 Å². The molecule has 0 spiro atoms. The van der Waals surface area contributed by atoms with Crippen LogP contribution in [0, 0.1) is 19.7 Å². The van der Waals surface area contributed by atoms with Crippen LogP contribution in [-0.4, -0.2) is 7.05 Å². The molecule has 2 rings (SSSR count). The highest BCUT2D eigenvalue weighted by Crippen LogP contribution is 2.27. The number of hydrogen-bond donors (Lipinski definition) is 1. The summed E-state index contributed by atoms with van der Waals surface area (Å²) in [5.74, 6) is -0.205. The molecule has 1 atom stereocenters. The fourth-order valence-electron chi connectivity index (χ4n) is 2.32. The molecule has 2 aromatic rings. The molecule has 0 aromatic heterocycles. The van der Waals surface area contributed by atoms with E-state index < -0.39 is 0 Å². The van der Waals surface area contributed by atoms with Gasteiger partial charge in [0, 0.05) is 10.5 Å².